The number of hydrogen-bond acceptors (Lipinski definition) is 7. The van der Waals surface area contributed by atoms with Gasteiger partial charge >= 0.3 is 5.97 Å². The molecule has 2 aromatic carbocycles. The zero-order valence-corrected chi connectivity index (χ0v) is 17.8. The number of thiophene rings is 1. The second-order valence-electron chi connectivity index (χ2n) is 6.64. The molecule has 0 aliphatic carbocycles. The van der Waals surface area contributed by atoms with Crippen LogP contribution in [0.25, 0.3) is 16.4 Å². The lowest BCUT2D eigenvalue weighted by atomic mass is 10.1. The van der Waals surface area contributed by atoms with Crippen molar-refractivity contribution in [2.45, 2.75) is 13.5 Å². The molecule has 0 bridgehead atoms. The third-order valence-electron chi connectivity index (χ3n) is 4.58. The fourth-order valence-electron chi connectivity index (χ4n) is 3.03. The summed E-state index contributed by atoms with van der Waals surface area (Å²) >= 11 is 1.51. The topological polar surface area (TPSA) is 83.3 Å². The van der Waals surface area contributed by atoms with E-state index in [1.54, 1.807) is 22.9 Å². The van der Waals surface area contributed by atoms with Crippen molar-refractivity contribution in [3.63, 3.8) is 0 Å². The van der Waals surface area contributed by atoms with E-state index in [1.165, 1.54) is 25.4 Å². The van der Waals surface area contributed by atoms with Gasteiger partial charge in [0.05, 0.1) is 17.7 Å². The highest BCUT2D eigenvalue weighted by atomic mass is 32.1. The molecule has 156 valence electrons. The molecule has 2 heterocycles. The van der Waals surface area contributed by atoms with Gasteiger partial charge in [-0.2, -0.15) is 4.98 Å². The maximum Gasteiger partial charge on any atom is 0.378 e. The molecule has 0 spiro atoms. The molecule has 0 amide bonds. The number of carbonyl (C=O) groups is 2. The van der Waals surface area contributed by atoms with E-state index in [4.69, 9.17) is 9.47 Å². The minimum absolute atomic E-state index is 0.0473. The number of ketones is 1. The standard InChI is InChI=1S/C23H19N3O4S/c1-15(27)16-10-11-19(29-2)17(13-16)14-30-23(28)21-24-22(20-9-6-12-31-20)26(25-21)18-7-4-3-5-8-18/h3-13H,14H2,1-2H3. The van der Waals surface area contributed by atoms with Crippen molar-refractivity contribution in [3.05, 3.63) is 83.0 Å². The van der Waals surface area contributed by atoms with Crippen molar-refractivity contribution in [1.82, 2.24) is 14.8 Å². The first-order valence-corrected chi connectivity index (χ1v) is 10.4. The van der Waals surface area contributed by atoms with E-state index in [2.05, 4.69) is 10.1 Å². The van der Waals surface area contributed by atoms with Crippen LogP contribution in [0.1, 0.15) is 33.5 Å². The van der Waals surface area contributed by atoms with Crippen LogP contribution in [0.5, 0.6) is 5.75 Å². The van der Waals surface area contributed by atoms with Crippen LogP contribution in [0, 0.1) is 0 Å². The van der Waals surface area contributed by atoms with E-state index >= 15 is 0 Å². The van der Waals surface area contributed by atoms with Crippen LogP contribution in [0.4, 0.5) is 0 Å². The van der Waals surface area contributed by atoms with Gasteiger partial charge in [-0.3, -0.25) is 4.79 Å². The van der Waals surface area contributed by atoms with Crippen molar-refractivity contribution >= 4 is 23.1 Å². The van der Waals surface area contributed by atoms with Gasteiger partial charge in [0.1, 0.15) is 12.4 Å². The number of ether oxygens (including phenoxy) is 2. The lowest BCUT2D eigenvalue weighted by Crippen LogP contribution is -2.09. The van der Waals surface area contributed by atoms with Gasteiger partial charge in [0.25, 0.3) is 5.82 Å². The number of aromatic nitrogens is 3. The van der Waals surface area contributed by atoms with E-state index in [1.807, 2.05) is 47.8 Å². The van der Waals surface area contributed by atoms with Crippen molar-refractivity contribution in [1.29, 1.82) is 0 Å². The van der Waals surface area contributed by atoms with Crippen LogP contribution in [-0.4, -0.2) is 33.6 Å². The summed E-state index contributed by atoms with van der Waals surface area (Å²) in [6.45, 7) is 1.40. The molecule has 0 aliphatic heterocycles. The Balaban J connectivity index is 1.61. The summed E-state index contributed by atoms with van der Waals surface area (Å²) in [5.74, 6) is 0.292. The molecule has 4 rings (SSSR count). The minimum Gasteiger partial charge on any atom is -0.496 e. The lowest BCUT2D eigenvalue weighted by Gasteiger charge is -2.10. The summed E-state index contributed by atoms with van der Waals surface area (Å²) in [4.78, 5) is 29.7. The fraction of sp³-hybridized carbons (Fsp3) is 0.130. The minimum atomic E-state index is -0.664. The number of carbonyl (C=O) groups excluding carboxylic acids is 2. The number of Topliss-reactive ketones (excluding diaryl/α,β-unsaturated/α-hetero) is 1. The molecule has 0 saturated carbocycles. The van der Waals surface area contributed by atoms with Crippen molar-refractivity contribution in [2.24, 2.45) is 0 Å². The molecule has 0 N–H and O–H groups in total. The number of benzene rings is 2. The maximum absolute atomic E-state index is 12.7. The summed E-state index contributed by atoms with van der Waals surface area (Å²) < 4.78 is 12.4. The Bertz CT molecular complexity index is 1220. The lowest BCUT2D eigenvalue weighted by molar-refractivity contribution is 0.0456. The Labute approximate surface area is 182 Å². The van der Waals surface area contributed by atoms with Crippen molar-refractivity contribution < 1.29 is 19.1 Å². The van der Waals surface area contributed by atoms with Gasteiger partial charge in [-0.25, -0.2) is 9.48 Å². The first kappa shape index (κ1) is 20.5. The number of esters is 1. The van der Waals surface area contributed by atoms with Crippen LogP contribution in [0.3, 0.4) is 0 Å². The van der Waals surface area contributed by atoms with E-state index in [0.29, 0.717) is 22.7 Å². The second-order valence-corrected chi connectivity index (χ2v) is 7.59. The van der Waals surface area contributed by atoms with Crippen molar-refractivity contribution in [2.75, 3.05) is 7.11 Å². The highest BCUT2D eigenvalue weighted by Crippen LogP contribution is 2.26. The molecule has 0 unspecified atom stereocenters. The third kappa shape index (κ3) is 4.39. The molecule has 31 heavy (non-hydrogen) atoms. The number of nitrogens with zero attached hydrogens (tertiary/aromatic N) is 3. The van der Waals surface area contributed by atoms with Gasteiger partial charge in [0.15, 0.2) is 11.6 Å². The highest BCUT2D eigenvalue weighted by Gasteiger charge is 2.21. The predicted molar refractivity (Wildman–Crippen MR) is 117 cm³/mol. The zero-order valence-electron chi connectivity index (χ0n) is 16.9. The predicted octanol–water partition coefficient (Wildman–Crippen LogP) is 4.56. The first-order chi connectivity index (χ1) is 15.1. The zero-order chi connectivity index (χ0) is 21.8. The number of rotatable bonds is 7. The summed E-state index contributed by atoms with van der Waals surface area (Å²) in [7, 11) is 1.52. The van der Waals surface area contributed by atoms with E-state index < -0.39 is 5.97 Å². The SMILES string of the molecule is COc1ccc(C(C)=O)cc1COC(=O)c1nc(-c2cccs2)n(-c2ccccc2)n1. The molecular formula is C23H19N3O4S. The molecular weight excluding hydrogens is 414 g/mol. The van der Waals surface area contributed by atoms with Gasteiger partial charge < -0.3 is 9.47 Å². The number of methoxy groups -OCH3 is 1. The Morgan fingerprint density at radius 1 is 1.06 bits per heavy atom. The van der Waals surface area contributed by atoms with Crippen LogP contribution in [0.2, 0.25) is 0 Å². The molecule has 0 radical (unpaired) electrons. The van der Waals surface area contributed by atoms with Crippen LogP contribution in [-0.2, 0) is 11.3 Å². The summed E-state index contributed by atoms with van der Waals surface area (Å²) in [5.41, 5.74) is 1.89. The van der Waals surface area contributed by atoms with Crippen LogP contribution >= 0.6 is 11.3 Å². The Morgan fingerprint density at radius 2 is 1.87 bits per heavy atom. The quantitative estimate of drug-likeness (QED) is 0.314. The third-order valence-corrected chi connectivity index (χ3v) is 5.44. The fourth-order valence-corrected chi connectivity index (χ4v) is 3.73. The van der Waals surface area contributed by atoms with Gasteiger partial charge in [-0.1, -0.05) is 24.3 Å². The second kappa shape index (κ2) is 8.93. The number of hydrogen-bond donors (Lipinski definition) is 0. The van der Waals surface area contributed by atoms with Gasteiger partial charge in [-0.15, -0.1) is 16.4 Å². The first-order valence-electron chi connectivity index (χ1n) is 9.48. The van der Waals surface area contributed by atoms with Gasteiger partial charge in [0.2, 0.25) is 0 Å². The van der Waals surface area contributed by atoms with Crippen molar-refractivity contribution in [3.8, 4) is 22.1 Å². The Hall–Kier alpha value is -3.78. The molecule has 0 aliphatic rings. The van der Waals surface area contributed by atoms with E-state index in [-0.39, 0.29) is 18.2 Å². The summed E-state index contributed by atoms with van der Waals surface area (Å²) in [5, 5.41) is 6.33. The number of para-hydroxylation sites is 1. The molecule has 2 aromatic heterocycles. The summed E-state index contributed by atoms with van der Waals surface area (Å²) in [6.07, 6.45) is 0. The molecule has 0 saturated heterocycles. The monoisotopic (exact) mass is 433 g/mol. The maximum atomic E-state index is 12.7. The molecule has 0 fully saturated rings. The normalized spacial score (nSPS) is 10.6. The molecule has 8 heteroatoms. The molecule has 4 aromatic rings. The Morgan fingerprint density at radius 3 is 2.55 bits per heavy atom. The van der Waals surface area contributed by atoms with E-state index in [0.717, 1.165) is 10.6 Å². The average molecular weight is 433 g/mol. The summed E-state index contributed by atoms with van der Waals surface area (Å²) in [6, 6.07) is 18.3. The van der Waals surface area contributed by atoms with Crippen LogP contribution in [0.15, 0.2) is 66.0 Å². The Kier molecular flexibility index (Phi) is 5.90. The molecule has 0 atom stereocenters. The van der Waals surface area contributed by atoms with Gasteiger partial charge in [-0.05, 0) is 48.7 Å². The smallest absolute Gasteiger partial charge is 0.378 e. The van der Waals surface area contributed by atoms with Crippen LogP contribution < -0.4 is 4.74 Å². The largest absolute Gasteiger partial charge is 0.496 e. The highest BCUT2D eigenvalue weighted by molar-refractivity contribution is 7.13. The van der Waals surface area contributed by atoms with E-state index in [9.17, 15) is 9.59 Å². The van der Waals surface area contributed by atoms with Gasteiger partial charge in [0, 0.05) is 11.1 Å². The average Bonchev–Trinajstić information content (AvgIpc) is 3.47. The molecule has 7 nitrogen and oxygen atoms in total.